The van der Waals surface area contributed by atoms with Gasteiger partial charge in [-0.3, -0.25) is 4.79 Å². The van der Waals surface area contributed by atoms with E-state index in [1.54, 1.807) is 0 Å². The largest absolute Gasteiger partial charge is 0.480 e. The van der Waals surface area contributed by atoms with E-state index in [9.17, 15) is 19.5 Å². The molecule has 1 aliphatic carbocycles. The maximum Gasteiger partial charge on any atom is 0.329 e. The molecule has 0 heterocycles. The lowest BCUT2D eigenvalue weighted by molar-refractivity contribution is -0.144. The molecular weight excluding hydrogens is 262 g/mol. The van der Waals surface area contributed by atoms with Crippen LogP contribution in [0, 0.1) is 5.92 Å². The van der Waals surface area contributed by atoms with E-state index in [0.717, 1.165) is 19.3 Å². The first-order chi connectivity index (χ1) is 9.29. The highest BCUT2D eigenvalue weighted by atomic mass is 16.4. The Balaban J connectivity index is 2.39. The molecule has 0 radical (unpaired) electrons. The topological polar surface area (TPSA) is 108 Å². The normalized spacial score (nSPS) is 18.6. The number of carbonyl (C=O) groups is 3. The number of nitrogens with one attached hydrogen (secondary N) is 3. The molecule has 2 unspecified atom stereocenters. The van der Waals surface area contributed by atoms with Crippen molar-refractivity contribution >= 4 is 17.9 Å². The first-order valence-electron chi connectivity index (χ1n) is 6.88. The molecule has 1 aliphatic rings. The number of carboxylic acid groups (broad SMARTS) is 1. The number of carboxylic acids is 1. The zero-order valence-electron chi connectivity index (χ0n) is 12.2. The summed E-state index contributed by atoms with van der Waals surface area (Å²) in [5.74, 6) is -1.39. The molecule has 7 heteroatoms. The molecule has 0 spiro atoms. The lowest BCUT2D eigenvalue weighted by Gasteiger charge is -2.26. The second kappa shape index (κ2) is 6.58. The minimum absolute atomic E-state index is 0.0420. The second-order valence-electron chi connectivity index (χ2n) is 5.47. The van der Waals surface area contributed by atoms with Gasteiger partial charge in [-0.25, -0.2) is 9.59 Å². The van der Waals surface area contributed by atoms with Gasteiger partial charge >= 0.3 is 12.0 Å². The average Bonchev–Trinajstić information content (AvgIpc) is 3.20. The molecule has 0 aromatic carbocycles. The van der Waals surface area contributed by atoms with Gasteiger partial charge in [-0.05, 0) is 39.0 Å². The summed E-state index contributed by atoms with van der Waals surface area (Å²) in [6, 6.07) is -0.593. The Hall–Kier alpha value is -1.79. The Morgan fingerprint density at radius 3 is 2.40 bits per heavy atom. The Bertz CT molecular complexity index is 395. The quantitative estimate of drug-likeness (QED) is 0.545. The summed E-state index contributed by atoms with van der Waals surface area (Å²) in [7, 11) is 0. The van der Waals surface area contributed by atoms with Crippen molar-refractivity contribution in [1.82, 2.24) is 16.0 Å². The zero-order chi connectivity index (χ0) is 15.3. The molecular formula is C13H23N3O4. The number of hydrogen-bond donors (Lipinski definition) is 4. The molecule has 3 amide bonds. The fraction of sp³-hybridized carbons (Fsp3) is 0.769. The molecule has 0 aliphatic heterocycles. The van der Waals surface area contributed by atoms with Crippen LogP contribution in [0.5, 0.6) is 0 Å². The van der Waals surface area contributed by atoms with Gasteiger partial charge in [0, 0.05) is 6.04 Å². The average molecular weight is 285 g/mol. The summed E-state index contributed by atoms with van der Waals surface area (Å²) < 4.78 is 0. The Morgan fingerprint density at radius 2 is 1.95 bits per heavy atom. The van der Waals surface area contributed by atoms with E-state index in [1.165, 1.54) is 6.92 Å². The third kappa shape index (κ3) is 4.40. The highest BCUT2D eigenvalue weighted by molar-refractivity contribution is 5.89. The summed E-state index contributed by atoms with van der Waals surface area (Å²) >= 11 is 0. The second-order valence-corrected chi connectivity index (χ2v) is 5.47. The molecule has 0 aromatic heterocycles. The molecule has 1 fully saturated rings. The zero-order valence-corrected chi connectivity index (χ0v) is 12.2. The monoisotopic (exact) mass is 285 g/mol. The molecule has 4 N–H and O–H groups in total. The molecule has 1 rings (SSSR count). The van der Waals surface area contributed by atoms with Gasteiger partial charge in [0.25, 0.3) is 0 Å². The smallest absolute Gasteiger partial charge is 0.329 e. The maximum atomic E-state index is 11.7. The van der Waals surface area contributed by atoms with Crippen molar-refractivity contribution in [2.75, 3.05) is 6.54 Å². The number of amides is 3. The van der Waals surface area contributed by atoms with Gasteiger partial charge in [0.2, 0.25) is 5.91 Å². The standard InChI is InChI=1S/C13H23N3O4/c1-4-8(2)15-10(17)7-14-12(20)16-13(3,11(18)19)9-5-6-9/h8-9H,4-7H2,1-3H3,(H,15,17)(H,18,19)(H2,14,16,20). The molecule has 2 atom stereocenters. The van der Waals surface area contributed by atoms with Crippen LogP contribution in [0.15, 0.2) is 0 Å². The SMILES string of the molecule is CCC(C)NC(=O)CNC(=O)NC(C)(C(=O)O)C1CC1. The van der Waals surface area contributed by atoms with Crippen LogP contribution in [-0.4, -0.2) is 41.1 Å². The van der Waals surface area contributed by atoms with E-state index in [2.05, 4.69) is 16.0 Å². The minimum atomic E-state index is -1.27. The third-order valence-corrected chi connectivity index (χ3v) is 3.64. The fourth-order valence-electron chi connectivity index (χ4n) is 1.86. The van der Waals surface area contributed by atoms with Crippen LogP contribution in [0.25, 0.3) is 0 Å². The van der Waals surface area contributed by atoms with Crippen LogP contribution in [0.1, 0.15) is 40.0 Å². The van der Waals surface area contributed by atoms with Crippen LogP contribution in [0.4, 0.5) is 4.79 Å². The van der Waals surface area contributed by atoms with Gasteiger partial charge in [-0.15, -0.1) is 0 Å². The van der Waals surface area contributed by atoms with Crippen molar-refractivity contribution in [3.8, 4) is 0 Å². The minimum Gasteiger partial charge on any atom is -0.480 e. The summed E-state index contributed by atoms with van der Waals surface area (Å²) in [5, 5.41) is 16.7. The summed E-state index contributed by atoms with van der Waals surface area (Å²) in [4.78, 5) is 34.4. The van der Waals surface area contributed by atoms with Crippen LogP contribution < -0.4 is 16.0 Å². The first kappa shape index (κ1) is 16.3. The van der Waals surface area contributed by atoms with E-state index >= 15 is 0 Å². The fourth-order valence-corrected chi connectivity index (χ4v) is 1.86. The Kier molecular flexibility index (Phi) is 5.35. The predicted molar refractivity (Wildman–Crippen MR) is 73.2 cm³/mol. The lowest BCUT2D eigenvalue weighted by atomic mass is 9.96. The molecule has 0 aromatic rings. The Morgan fingerprint density at radius 1 is 1.35 bits per heavy atom. The van der Waals surface area contributed by atoms with Crippen LogP contribution in [0.3, 0.4) is 0 Å². The predicted octanol–water partition coefficient (Wildman–Crippen LogP) is 0.454. The van der Waals surface area contributed by atoms with E-state index < -0.39 is 17.5 Å². The molecule has 0 saturated heterocycles. The van der Waals surface area contributed by atoms with Gasteiger partial charge in [0.15, 0.2) is 0 Å². The van der Waals surface area contributed by atoms with E-state index in [0.29, 0.717) is 0 Å². The van der Waals surface area contributed by atoms with Gasteiger partial charge in [0.05, 0.1) is 6.54 Å². The van der Waals surface area contributed by atoms with Crippen LogP contribution >= 0.6 is 0 Å². The maximum absolute atomic E-state index is 11.7. The van der Waals surface area contributed by atoms with Crippen molar-refractivity contribution in [1.29, 1.82) is 0 Å². The lowest BCUT2D eigenvalue weighted by Crippen LogP contribution is -2.57. The molecule has 20 heavy (non-hydrogen) atoms. The summed E-state index contributed by atoms with van der Waals surface area (Å²) in [6.07, 6.45) is 2.38. The third-order valence-electron chi connectivity index (χ3n) is 3.64. The number of aliphatic carboxylic acids is 1. The van der Waals surface area contributed by atoms with Crippen molar-refractivity contribution in [2.24, 2.45) is 5.92 Å². The van der Waals surface area contributed by atoms with E-state index in [1.807, 2.05) is 13.8 Å². The number of hydrogen-bond acceptors (Lipinski definition) is 3. The molecule has 0 bridgehead atoms. The van der Waals surface area contributed by atoms with Crippen molar-refractivity contribution < 1.29 is 19.5 Å². The number of urea groups is 1. The molecule has 114 valence electrons. The van der Waals surface area contributed by atoms with Crippen LogP contribution in [-0.2, 0) is 9.59 Å². The van der Waals surface area contributed by atoms with Crippen molar-refractivity contribution in [2.45, 2.75) is 51.6 Å². The Labute approximate surface area is 118 Å². The number of carbonyl (C=O) groups excluding carboxylic acids is 2. The van der Waals surface area contributed by atoms with E-state index in [-0.39, 0.29) is 24.4 Å². The molecule has 1 saturated carbocycles. The summed E-state index contributed by atoms with van der Waals surface area (Å²) in [5.41, 5.74) is -1.27. The first-order valence-corrected chi connectivity index (χ1v) is 6.88. The van der Waals surface area contributed by atoms with Crippen molar-refractivity contribution in [3.05, 3.63) is 0 Å². The number of rotatable bonds is 7. The highest BCUT2D eigenvalue weighted by Gasteiger charge is 2.48. The van der Waals surface area contributed by atoms with Crippen LogP contribution in [0.2, 0.25) is 0 Å². The van der Waals surface area contributed by atoms with Crippen molar-refractivity contribution in [3.63, 3.8) is 0 Å². The van der Waals surface area contributed by atoms with E-state index in [4.69, 9.17) is 0 Å². The van der Waals surface area contributed by atoms with Gasteiger partial charge < -0.3 is 21.1 Å². The molecule has 7 nitrogen and oxygen atoms in total. The summed E-state index contributed by atoms with van der Waals surface area (Å²) in [6.45, 7) is 5.13. The van der Waals surface area contributed by atoms with Gasteiger partial charge in [-0.1, -0.05) is 6.92 Å². The highest BCUT2D eigenvalue weighted by Crippen LogP contribution is 2.39. The van der Waals surface area contributed by atoms with Gasteiger partial charge in [-0.2, -0.15) is 0 Å². The van der Waals surface area contributed by atoms with Gasteiger partial charge in [0.1, 0.15) is 5.54 Å².